The first kappa shape index (κ1) is 20.4. The number of hydrogen-bond acceptors (Lipinski definition) is 5. The van der Waals surface area contributed by atoms with Gasteiger partial charge in [-0.2, -0.15) is 10.4 Å². The Labute approximate surface area is 181 Å². The molecule has 0 bridgehead atoms. The van der Waals surface area contributed by atoms with Crippen molar-refractivity contribution in [2.75, 3.05) is 18.0 Å². The van der Waals surface area contributed by atoms with Gasteiger partial charge in [-0.05, 0) is 49.6 Å². The number of urea groups is 1. The van der Waals surface area contributed by atoms with Gasteiger partial charge >= 0.3 is 6.03 Å². The molecule has 1 aliphatic rings. The average Bonchev–Trinajstić information content (AvgIpc) is 3.24. The minimum atomic E-state index is -0.426. The Morgan fingerprint density at radius 2 is 1.87 bits per heavy atom. The molecule has 1 aromatic heterocycles. The van der Waals surface area contributed by atoms with Crippen molar-refractivity contribution < 1.29 is 4.79 Å². The summed E-state index contributed by atoms with van der Waals surface area (Å²) < 4.78 is 0. The van der Waals surface area contributed by atoms with Crippen molar-refractivity contribution in [3.63, 3.8) is 0 Å². The van der Waals surface area contributed by atoms with Gasteiger partial charge in [-0.25, -0.2) is 9.78 Å². The lowest BCUT2D eigenvalue weighted by atomic mass is 10.0. The van der Waals surface area contributed by atoms with Gasteiger partial charge in [0.25, 0.3) is 0 Å². The summed E-state index contributed by atoms with van der Waals surface area (Å²) in [6.07, 6.45) is 1.70. The second-order valence-electron chi connectivity index (χ2n) is 7.66. The average molecular weight is 416 g/mol. The van der Waals surface area contributed by atoms with Gasteiger partial charge in [-0.15, -0.1) is 0 Å². The maximum Gasteiger partial charge on any atom is 0.315 e. The highest BCUT2D eigenvalue weighted by atomic mass is 16.2. The van der Waals surface area contributed by atoms with E-state index in [1.54, 1.807) is 0 Å². The first-order valence-electron chi connectivity index (χ1n) is 10.4. The van der Waals surface area contributed by atoms with Gasteiger partial charge in [0.15, 0.2) is 5.82 Å². The van der Waals surface area contributed by atoms with E-state index in [9.17, 15) is 4.79 Å². The lowest BCUT2D eigenvalue weighted by molar-refractivity contribution is 0.232. The Balaban J connectivity index is 1.35. The Bertz CT molecular complexity index is 1050. The van der Waals surface area contributed by atoms with Crippen LogP contribution in [0.5, 0.6) is 0 Å². The van der Waals surface area contributed by atoms with Crippen LogP contribution >= 0.6 is 0 Å². The number of hydrogen-bond donors (Lipinski definition) is 3. The van der Waals surface area contributed by atoms with Gasteiger partial charge in [0.1, 0.15) is 11.9 Å². The van der Waals surface area contributed by atoms with Crippen LogP contribution in [0.25, 0.3) is 0 Å². The fraction of sp³-hybridized carbons (Fsp3) is 0.304. The van der Waals surface area contributed by atoms with Crippen LogP contribution in [0.1, 0.15) is 41.7 Å². The zero-order valence-corrected chi connectivity index (χ0v) is 17.4. The number of aromatic nitrogens is 3. The van der Waals surface area contributed by atoms with Gasteiger partial charge in [-0.1, -0.05) is 30.3 Å². The second-order valence-corrected chi connectivity index (χ2v) is 7.66. The molecule has 8 nitrogen and oxygen atoms in total. The zero-order valence-electron chi connectivity index (χ0n) is 17.4. The molecule has 2 amide bonds. The molecule has 158 valence electrons. The molecule has 1 fully saturated rings. The number of rotatable bonds is 5. The SMILES string of the molecule is Cc1nc(C(NC(=O)NC2CCN(c3ccc(C#N)cc3)CC2)c2ccccc2)n[nH]1. The molecule has 4 rings (SSSR count). The number of nitriles is 1. The summed E-state index contributed by atoms with van der Waals surface area (Å²) in [6.45, 7) is 3.53. The maximum atomic E-state index is 12.8. The summed E-state index contributed by atoms with van der Waals surface area (Å²) in [6, 6.07) is 18.9. The molecule has 31 heavy (non-hydrogen) atoms. The number of carbonyl (C=O) groups excluding carboxylic acids is 1. The monoisotopic (exact) mass is 415 g/mol. The molecular weight excluding hydrogens is 390 g/mol. The van der Waals surface area contributed by atoms with E-state index >= 15 is 0 Å². The minimum absolute atomic E-state index is 0.0972. The van der Waals surface area contributed by atoms with Crippen molar-refractivity contribution in [2.24, 2.45) is 0 Å². The first-order valence-corrected chi connectivity index (χ1v) is 10.4. The van der Waals surface area contributed by atoms with Crippen LogP contribution in [0.15, 0.2) is 54.6 Å². The summed E-state index contributed by atoms with van der Waals surface area (Å²) in [5.74, 6) is 1.24. The molecule has 1 aliphatic heterocycles. The van der Waals surface area contributed by atoms with E-state index in [1.807, 2.05) is 61.5 Å². The lowest BCUT2D eigenvalue weighted by Crippen LogP contribution is -2.48. The van der Waals surface area contributed by atoms with E-state index in [1.165, 1.54) is 0 Å². The molecule has 0 radical (unpaired) electrons. The van der Waals surface area contributed by atoms with E-state index in [0.717, 1.165) is 37.2 Å². The highest BCUT2D eigenvalue weighted by Gasteiger charge is 2.24. The fourth-order valence-corrected chi connectivity index (χ4v) is 3.82. The van der Waals surface area contributed by atoms with Gasteiger partial charge in [-0.3, -0.25) is 5.10 Å². The molecule has 0 spiro atoms. The third-order valence-electron chi connectivity index (χ3n) is 5.47. The molecule has 0 saturated carbocycles. The van der Waals surface area contributed by atoms with Crippen LogP contribution in [0.3, 0.4) is 0 Å². The van der Waals surface area contributed by atoms with Crippen LogP contribution in [0.2, 0.25) is 0 Å². The van der Waals surface area contributed by atoms with Crippen LogP contribution in [-0.4, -0.2) is 40.3 Å². The summed E-state index contributed by atoms with van der Waals surface area (Å²) in [4.78, 5) is 19.5. The van der Waals surface area contributed by atoms with Crippen molar-refractivity contribution >= 4 is 11.7 Å². The molecule has 8 heteroatoms. The van der Waals surface area contributed by atoms with Gasteiger partial charge in [0.05, 0.1) is 11.6 Å². The molecule has 3 N–H and O–H groups in total. The Morgan fingerprint density at radius 3 is 2.48 bits per heavy atom. The predicted octanol–water partition coefficient (Wildman–Crippen LogP) is 3.04. The van der Waals surface area contributed by atoms with E-state index in [-0.39, 0.29) is 12.1 Å². The minimum Gasteiger partial charge on any atom is -0.371 e. The topological polar surface area (TPSA) is 110 Å². The van der Waals surface area contributed by atoms with Crippen molar-refractivity contribution in [1.82, 2.24) is 25.8 Å². The van der Waals surface area contributed by atoms with Crippen molar-refractivity contribution in [3.8, 4) is 6.07 Å². The van der Waals surface area contributed by atoms with Crippen LogP contribution < -0.4 is 15.5 Å². The van der Waals surface area contributed by atoms with Gasteiger partial charge < -0.3 is 15.5 Å². The van der Waals surface area contributed by atoms with Crippen molar-refractivity contribution in [3.05, 3.63) is 77.4 Å². The number of benzene rings is 2. The van der Waals surface area contributed by atoms with Gasteiger partial charge in [0.2, 0.25) is 0 Å². The molecule has 3 aromatic rings. The normalized spacial score (nSPS) is 15.2. The van der Waals surface area contributed by atoms with E-state index in [0.29, 0.717) is 17.2 Å². The summed E-state index contributed by atoms with van der Waals surface area (Å²) in [5, 5.41) is 22.2. The zero-order chi connectivity index (χ0) is 21.6. The third-order valence-corrected chi connectivity index (χ3v) is 5.47. The van der Waals surface area contributed by atoms with Crippen LogP contribution in [-0.2, 0) is 0 Å². The molecule has 1 atom stereocenters. The van der Waals surface area contributed by atoms with E-state index < -0.39 is 6.04 Å². The maximum absolute atomic E-state index is 12.8. The molecule has 1 unspecified atom stereocenters. The number of carbonyl (C=O) groups is 1. The fourth-order valence-electron chi connectivity index (χ4n) is 3.82. The van der Waals surface area contributed by atoms with E-state index in [4.69, 9.17) is 5.26 Å². The number of aryl methyl sites for hydroxylation is 1. The molecule has 2 heterocycles. The second kappa shape index (κ2) is 9.30. The summed E-state index contributed by atoms with van der Waals surface area (Å²) in [7, 11) is 0. The van der Waals surface area contributed by atoms with Crippen LogP contribution in [0.4, 0.5) is 10.5 Å². The predicted molar refractivity (Wildman–Crippen MR) is 117 cm³/mol. The lowest BCUT2D eigenvalue weighted by Gasteiger charge is -2.34. The van der Waals surface area contributed by atoms with Gasteiger partial charge in [0, 0.05) is 24.8 Å². The summed E-state index contributed by atoms with van der Waals surface area (Å²) >= 11 is 0. The number of anilines is 1. The molecule has 0 aliphatic carbocycles. The molecule has 1 saturated heterocycles. The number of amides is 2. The molecule has 2 aromatic carbocycles. The van der Waals surface area contributed by atoms with Crippen molar-refractivity contribution in [2.45, 2.75) is 31.8 Å². The number of nitrogens with one attached hydrogen (secondary N) is 3. The number of nitrogens with zero attached hydrogens (tertiary/aromatic N) is 4. The number of aromatic amines is 1. The molecular formula is C23H25N7O. The standard InChI is InChI=1S/C23H25N7O/c1-16-25-22(29-28-16)21(18-5-3-2-4-6-18)27-23(31)26-19-11-13-30(14-12-19)20-9-7-17(15-24)8-10-20/h2-10,19,21H,11-14H2,1H3,(H,25,28,29)(H2,26,27,31). The number of H-pyrrole nitrogens is 1. The Kier molecular flexibility index (Phi) is 6.13. The first-order chi connectivity index (χ1) is 15.1. The highest BCUT2D eigenvalue weighted by Crippen LogP contribution is 2.21. The largest absolute Gasteiger partial charge is 0.371 e. The number of piperidine rings is 1. The Hall–Kier alpha value is -3.86. The van der Waals surface area contributed by atoms with Crippen molar-refractivity contribution in [1.29, 1.82) is 5.26 Å². The third kappa shape index (κ3) is 5.01. The smallest absolute Gasteiger partial charge is 0.315 e. The quantitative estimate of drug-likeness (QED) is 0.593. The highest BCUT2D eigenvalue weighted by molar-refractivity contribution is 5.75. The Morgan fingerprint density at radius 1 is 1.16 bits per heavy atom. The van der Waals surface area contributed by atoms with E-state index in [2.05, 4.69) is 36.8 Å². The summed E-state index contributed by atoms with van der Waals surface area (Å²) in [5.41, 5.74) is 2.69. The van der Waals surface area contributed by atoms with Crippen LogP contribution in [0, 0.1) is 18.3 Å².